The third-order valence-corrected chi connectivity index (χ3v) is 4.48. The van der Waals surface area contributed by atoms with Gasteiger partial charge in [-0.2, -0.15) is 4.89 Å². The van der Waals surface area contributed by atoms with Gasteiger partial charge in [0.05, 0.1) is 0 Å². The molecule has 0 saturated heterocycles. The molecule has 0 rings (SSSR count). The highest BCUT2D eigenvalue weighted by Crippen LogP contribution is 2.19. The molecule has 0 aromatic heterocycles. The molecular weight excluding hydrogens is 300 g/mol. The summed E-state index contributed by atoms with van der Waals surface area (Å²) in [6, 6.07) is 0. The predicted molar refractivity (Wildman–Crippen MR) is 102 cm³/mol. The Morgan fingerprint density at radius 3 is 1.67 bits per heavy atom. The molecule has 0 bridgehead atoms. The summed E-state index contributed by atoms with van der Waals surface area (Å²) in [5.74, 6) is -0.226. The lowest BCUT2D eigenvalue weighted by molar-refractivity contribution is -0.326. The normalized spacial score (nSPS) is 11.7. The van der Waals surface area contributed by atoms with E-state index >= 15 is 0 Å². The predicted octanol–water partition coefficient (Wildman–Crippen LogP) is 7.13. The second-order valence-electron chi connectivity index (χ2n) is 7.69. The van der Waals surface area contributed by atoms with E-state index in [-0.39, 0.29) is 11.6 Å². The van der Waals surface area contributed by atoms with Crippen LogP contribution in [0.15, 0.2) is 0 Å². The molecule has 0 aromatic rings. The molecule has 0 aliphatic heterocycles. The monoisotopic (exact) mass is 342 g/mol. The number of carbonyl (C=O) groups excluding carboxylic acids is 1. The minimum Gasteiger partial charge on any atom is -0.298 e. The minimum absolute atomic E-state index is 0.226. The van der Waals surface area contributed by atoms with Gasteiger partial charge in [0.2, 0.25) is 0 Å². The van der Waals surface area contributed by atoms with Crippen molar-refractivity contribution in [1.82, 2.24) is 0 Å². The number of unbranched alkanes of at least 4 members (excludes halogenated alkanes) is 11. The number of hydrogen-bond donors (Lipinski definition) is 0. The van der Waals surface area contributed by atoms with Gasteiger partial charge in [-0.25, -0.2) is 4.79 Å². The van der Waals surface area contributed by atoms with E-state index in [0.717, 1.165) is 32.1 Å². The Balaban J connectivity index is 3.37. The fourth-order valence-electron chi connectivity index (χ4n) is 2.78. The lowest BCUT2D eigenvalue weighted by Gasteiger charge is -2.22. The van der Waals surface area contributed by atoms with E-state index in [1.54, 1.807) is 0 Å². The maximum Gasteiger partial charge on any atom is 0.342 e. The Hall–Kier alpha value is -0.570. The average Bonchev–Trinajstić information content (AvgIpc) is 2.56. The zero-order chi connectivity index (χ0) is 18.1. The van der Waals surface area contributed by atoms with Gasteiger partial charge in [-0.3, -0.25) is 4.89 Å². The Morgan fingerprint density at radius 1 is 0.708 bits per heavy atom. The molecule has 0 aliphatic rings. The Morgan fingerprint density at radius 2 is 1.17 bits per heavy atom. The highest BCUT2D eigenvalue weighted by Gasteiger charge is 2.21. The third-order valence-electron chi connectivity index (χ3n) is 4.48. The second-order valence-corrected chi connectivity index (χ2v) is 7.69. The zero-order valence-electron chi connectivity index (χ0n) is 16.8. The highest BCUT2D eigenvalue weighted by atomic mass is 17.2. The summed E-state index contributed by atoms with van der Waals surface area (Å²) >= 11 is 0. The Labute approximate surface area is 150 Å². The fraction of sp³-hybridized carbons (Fsp3) is 0.952. The van der Waals surface area contributed by atoms with Crippen LogP contribution in [-0.2, 0) is 14.6 Å². The summed E-state index contributed by atoms with van der Waals surface area (Å²) in [6.07, 6.45) is 17.7. The quantitative estimate of drug-likeness (QED) is 0.160. The highest BCUT2D eigenvalue weighted by molar-refractivity contribution is 5.68. The van der Waals surface area contributed by atoms with E-state index in [1.807, 2.05) is 13.8 Å². The van der Waals surface area contributed by atoms with E-state index in [9.17, 15) is 4.79 Å². The van der Waals surface area contributed by atoms with Crippen molar-refractivity contribution in [3.05, 3.63) is 0 Å². The summed E-state index contributed by atoms with van der Waals surface area (Å²) in [4.78, 5) is 21.9. The van der Waals surface area contributed by atoms with Crippen LogP contribution in [0.5, 0.6) is 0 Å². The molecule has 3 nitrogen and oxygen atoms in total. The van der Waals surface area contributed by atoms with Gasteiger partial charge < -0.3 is 0 Å². The summed E-state index contributed by atoms with van der Waals surface area (Å²) in [5.41, 5.74) is -0.372. The summed E-state index contributed by atoms with van der Waals surface area (Å²) in [7, 11) is 0. The second kappa shape index (κ2) is 15.9. The average molecular weight is 343 g/mol. The largest absolute Gasteiger partial charge is 0.342 e. The lowest BCUT2D eigenvalue weighted by Crippen LogP contribution is -2.26. The van der Waals surface area contributed by atoms with Gasteiger partial charge in [-0.1, -0.05) is 90.9 Å². The van der Waals surface area contributed by atoms with Crippen LogP contribution in [0.2, 0.25) is 0 Å². The molecule has 0 spiro atoms. The summed E-state index contributed by atoms with van der Waals surface area (Å²) < 4.78 is 0. The van der Waals surface area contributed by atoms with Crippen molar-refractivity contribution in [3.63, 3.8) is 0 Å². The number of rotatable bonds is 17. The Bertz CT molecular complexity index is 287. The molecule has 0 atom stereocenters. The SMILES string of the molecule is CCCCCCCCCCCCCC(=O)OOC(C)(C)CCCC. The van der Waals surface area contributed by atoms with Crippen LogP contribution in [0.25, 0.3) is 0 Å². The summed E-state index contributed by atoms with van der Waals surface area (Å²) in [6.45, 7) is 8.35. The standard InChI is InChI=1S/C21H42O3/c1-5-7-9-10-11-12-13-14-15-16-17-18-20(22)23-24-21(3,4)19-8-6-2/h5-19H2,1-4H3. The number of hydrogen-bond acceptors (Lipinski definition) is 3. The molecule has 24 heavy (non-hydrogen) atoms. The topological polar surface area (TPSA) is 35.5 Å². The van der Waals surface area contributed by atoms with Gasteiger partial charge in [0.15, 0.2) is 0 Å². The van der Waals surface area contributed by atoms with Gasteiger partial charge in [0, 0.05) is 6.42 Å². The van der Waals surface area contributed by atoms with Crippen molar-refractivity contribution in [1.29, 1.82) is 0 Å². The first-order valence-electron chi connectivity index (χ1n) is 10.4. The maximum absolute atomic E-state index is 11.7. The van der Waals surface area contributed by atoms with Gasteiger partial charge in [-0.15, -0.1) is 0 Å². The molecule has 0 fully saturated rings. The van der Waals surface area contributed by atoms with Crippen LogP contribution in [0.1, 0.15) is 124 Å². The van der Waals surface area contributed by atoms with E-state index in [2.05, 4.69) is 13.8 Å². The van der Waals surface area contributed by atoms with E-state index in [1.165, 1.54) is 57.8 Å². The van der Waals surface area contributed by atoms with E-state index in [0.29, 0.717) is 6.42 Å². The molecule has 144 valence electrons. The van der Waals surface area contributed by atoms with Crippen LogP contribution in [0.4, 0.5) is 0 Å². The smallest absolute Gasteiger partial charge is 0.298 e. The van der Waals surface area contributed by atoms with Crippen LogP contribution in [0, 0.1) is 0 Å². The van der Waals surface area contributed by atoms with Crippen LogP contribution >= 0.6 is 0 Å². The van der Waals surface area contributed by atoms with Crippen molar-refractivity contribution in [2.24, 2.45) is 0 Å². The van der Waals surface area contributed by atoms with Crippen molar-refractivity contribution < 1.29 is 14.6 Å². The third kappa shape index (κ3) is 16.3. The minimum atomic E-state index is -0.372. The van der Waals surface area contributed by atoms with Crippen molar-refractivity contribution in [3.8, 4) is 0 Å². The van der Waals surface area contributed by atoms with Gasteiger partial charge in [-0.05, 0) is 26.7 Å². The molecule has 0 heterocycles. The molecule has 0 amide bonds. The van der Waals surface area contributed by atoms with Crippen molar-refractivity contribution in [2.45, 2.75) is 130 Å². The van der Waals surface area contributed by atoms with Crippen LogP contribution in [-0.4, -0.2) is 11.6 Å². The van der Waals surface area contributed by atoms with Gasteiger partial charge in [0.25, 0.3) is 0 Å². The van der Waals surface area contributed by atoms with Crippen molar-refractivity contribution in [2.75, 3.05) is 0 Å². The van der Waals surface area contributed by atoms with E-state index < -0.39 is 0 Å². The molecule has 3 heteroatoms. The fourth-order valence-corrected chi connectivity index (χ4v) is 2.78. The van der Waals surface area contributed by atoms with Crippen molar-refractivity contribution >= 4 is 5.97 Å². The maximum atomic E-state index is 11.7. The van der Waals surface area contributed by atoms with Gasteiger partial charge in [0.1, 0.15) is 5.60 Å². The first kappa shape index (κ1) is 23.4. The first-order chi connectivity index (χ1) is 11.5. The van der Waals surface area contributed by atoms with Crippen LogP contribution < -0.4 is 0 Å². The first-order valence-corrected chi connectivity index (χ1v) is 10.4. The van der Waals surface area contributed by atoms with Gasteiger partial charge >= 0.3 is 5.97 Å². The Kier molecular flexibility index (Phi) is 15.6. The molecule has 0 aliphatic carbocycles. The molecule has 0 radical (unpaired) electrons. The lowest BCUT2D eigenvalue weighted by atomic mass is 10.0. The molecule has 0 aromatic carbocycles. The van der Waals surface area contributed by atoms with E-state index in [4.69, 9.17) is 9.78 Å². The molecule has 0 saturated carbocycles. The summed E-state index contributed by atoms with van der Waals surface area (Å²) in [5, 5.41) is 0. The molecule has 0 N–H and O–H groups in total. The number of carbonyl (C=O) groups is 1. The molecular formula is C21H42O3. The molecule has 0 unspecified atom stereocenters. The zero-order valence-corrected chi connectivity index (χ0v) is 16.8. The van der Waals surface area contributed by atoms with Crippen LogP contribution in [0.3, 0.4) is 0 Å².